The highest BCUT2D eigenvalue weighted by molar-refractivity contribution is 7.15. The van der Waals surface area contributed by atoms with E-state index < -0.39 is 11.2 Å². The average molecular weight is 439 g/mol. The molecule has 1 aromatic carbocycles. The van der Waals surface area contributed by atoms with Crippen LogP contribution in [0.1, 0.15) is 21.8 Å². The van der Waals surface area contributed by atoms with E-state index in [0.717, 1.165) is 0 Å². The summed E-state index contributed by atoms with van der Waals surface area (Å²) in [7, 11) is 1.61. The van der Waals surface area contributed by atoms with Crippen molar-refractivity contribution in [2.24, 2.45) is 0 Å². The molecular weight excluding hydrogens is 419 g/mol. The molecule has 0 spiro atoms. The Morgan fingerprint density at radius 1 is 1.13 bits per heavy atom. The maximum Gasteiger partial charge on any atom is 0.445 e. The highest BCUT2D eigenvalue weighted by Crippen LogP contribution is 2.34. The van der Waals surface area contributed by atoms with Crippen molar-refractivity contribution in [2.45, 2.75) is 12.6 Å². The molecule has 7 nitrogen and oxygen atoms in total. The SMILES string of the molecule is C=CC(=O)N(C)c1ccc(C(=O)N2CCCN(c3nnc(C(F)(F)F)s3)CC2)cc1. The predicted octanol–water partition coefficient (Wildman–Crippen LogP) is 3.06. The quantitative estimate of drug-likeness (QED) is 0.685. The Morgan fingerprint density at radius 3 is 2.43 bits per heavy atom. The van der Waals surface area contributed by atoms with Gasteiger partial charge in [0.1, 0.15) is 0 Å². The summed E-state index contributed by atoms with van der Waals surface area (Å²) in [6, 6.07) is 6.65. The van der Waals surface area contributed by atoms with E-state index in [-0.39, 0.29) is 16.9 Å². The Hall–Kier alpha value is -2.95. The van der Waals surface area contributed by atoms with Crippen LogP contribution in [-0.4, -0.2) is 60.1 Å². The molecule has 0 bridgehead atoms. The van der Waals surface area contributed by atoms with Crippen LogP contribution in [-0.2, 0) is 11.0 Å². The highest BCUT2D eigenvalue weighted by Gasteiger charge is 2.36. The van der Waals surface area contributed by atoms with E-state index in [2.05, 4.69) is 16.8 Å². The first-order valence-electron chi connectivity index (χ1n) is 9.16. The Kier molecular flexibility index (Phi) is 6.40. The molecule has 30 heavy (non-hydrogen) atoms. The number of likely N-dealkylation sites (N-methyl/N-ethyl adjacent to an activating group) is 1. The fraction of sp³-hybridized carbons (Fsp3) is 0.368. The van der Waals surface area contributed by atoms with E-state index in [1.807, 2.05) is 0 Å². The van der Waals surface area contributed by atoms with Gasteiger partial charge in [-0.1, -0.05) is 17.9 Å². The number of halogens is 3. The minimum atomic E-state index is -4.51. The number of aromatic nitrogens is 2. The first-order chi connectivity index (χ1) is 14.2. The molecule has 2 amide bonds. The monoisotopic (exact) mass is 439 g/mol. The summed E-state index contributed by atoms with van der Waals surface area (Å²) in [6.07, 6.45) is -2.71. The van der Waals surface area contributed by atoms with Crippen molar-refractivity contribution in [2.75, 3.05) is 43.0 Å². The van der Waals surface area contributed by atoms with Gasteiger partial charge in [0, 0.05) is 44.5 Å². The second-order valence-electron chi connectivity index (χ2n) is 6.67. The minimum Gasteiger partial charge on any atom is -0.345 e. The number of rotatable bonds is 4. The maximum atomic E-state index is 12.8. The molecule has 1 aliphatic heterocycles. The lowest BCUT2D eigenvalue weighted by Crippen LogP contribution is -2.35. The third kappa shape index (κ3) is 4.78. The van der Waals surface area contributed by atoms with Crippen LogP contribution in [0.2, 0.25) is 0 Å². The summed E-state index contributed by atoms with van der Waals surface area (Å²) in [5, 5.41) is 6.11. The predicted molar refractivity (Wildman–Crippen MR) is 108 cm³/mol. The molecule has 0 N–H and O–H groups in total. The van der Waals surface area contributed by atoms with Gasteiger partial charge in [-0.25, -0.2) is 0 Å². The van der Waals surface area contributed by atoms with Crippen LogP contribution in [0, 0.1) is 0 Å². The van der Waals surface area contributed by atoms with Gasteiger partial charge in [-0.15, -0.1) is 10.2 Å². The van der Waals surface area contributed by atoms with E-state index in [4.69, 9.17) is 0 Å². The van der Waals surface area contributed by atoms with Gasteiger partial charge in [-0.2, -0.15) is 13.2 Å². The second-order valence-corrected chi connectivity index (χ2v) is 7.62. The number of nitrogens with zero attached hydrogens (tertiary/aromatic N) is 5. The topological polar surface area (TPSA) is 69.6 Å². The van der Waals surface area contributed by atoms with E-state index in [1.54, 1.807) is 41.1 Å². The van der Waals surface area contributed by atoms with E-state index in [0.29, 0.717) is 55.2 Å². The Labute approximate surface area is 175 Å². The lowest BCUT2D eigenvalue weighted by molar-refractivity contribution is -0.138. The number of amides is 2. The molecule has 1 saturated heterocycles. The molecule has 0 unspecified atom stereocenters. The largest absolute Gasteiger partial charge is 0.445 e. The van der Waals surface area contributed by atoms with Crippen LogP contribution in [0.3, 0.4) is 0 Å². The molecule has 0 aliphatic carbocycles. The fourth-order valence-electron chi connectivity index (χ4n) is 3.04. The lowest BCUT2D eigenvalue weighted by atomic mass is 10.1. The Balaban J connectivity index is 1.65. The van der Waals surface area contributed by atoms with Crippen molar-refractivity contribution in [3.63, 3.8) is 0 Å². The molecule has 1 aliphatic rings. The van der Waals surface area contributed by atoms with Gasteiger partial charge >= 0.3 is 6.18 Å². The minimum absolute atomic E-state index is 0.172. The van der Waals surface area contributed by atoms with Crippen LogP contribution < -0.4 is 9.80 Å². The molecule has 160 valence electrons. The van der Waals surface area contributed by atoms with Gasteiger partial charge in [0.25, 0.3) is 5.91 Å². The highest BCUT2D eigenvalue weighted by atomic mass is 32.1. The number of hydrogen-bond donors (Lipinski definition) is 0. The summed E-state index contributed by atoms with van der Waals surface area (Å²) in [5.74, 6) is -0.429. The van der Waals surface area contributed by atoms with Crippen LogP contribution in [0.25, 0.3) is 0 Å². The van der Waals surface area contributed by atoms with Crippen molar-refractivity contribution in [1.29, 1.82) is 0 Å². The lowest BCUT2D eigenvalue weighted by Gasteiger charge is -2.22. The van der Waals surface area contributed by atoms with Gasteiger partial charge in [0.2, 0.25) is 16.0 Å². The third-order valence-electron chi connectivity index (χ3n) is 4.72. The first kappa shape index (κ1) is 21.8. The fourth-order valence-corrected chi connectivity index (χ4v) is 3.81. The van der Waals surface area contributed by atoms with Crippen molar-refractivity contribution in [1.82, 2.24) is 15.1 Å². The van der Waals surface area contributed by atoms with Crippen LogP contribution in [0.4, 0.5) is 24.0 Å². The van der Waals surface area contributed by atoms with Crippen LogP contribution in [0.15, 0.2) is 36.9 Å². The molecule has 1 fully saturated rings. The zero-order chi connectivity index (χ0) is 21.9. The summed E-state index contributed by atoms with van der Waals surface area (Å²) in [4.78, 5) is 29.3. The zero-order valence-corrected chi connectivity index (χ0v) is 17.0. The van der Waals surface area contributed by atoms with E-state index >= 15 is 0 Å². The summed E-state index contributed by atoms with van der Waals surface area (Å²) in [6.45, 7) is 5.14. The Bertz CT molecular complexity index is 929. The average Bonchev–Trinajstić information content (AvgIpc) is 3.12. The van der Waals surface area contributed by atoms with Crippen molar-refractivity contribution in [3.05, 3.63) is 47.5 Å². The Morgan fingerprint density at radius 2 is 1.83 bits per heavy atom. The number of carbonyl (C=O) groups excluding carboxylic acids is 2. The molecule has 2 heterocycles. The molecular formula is C19H20F3N5O2S. The molecule has 0 atom stereocenters. The standard InChI is InChI=1S/C19H20F3N5O2S/c1-3-15(28)25(2)14-7-5-13(6-8-14)16(29)26-9-4-10-27(12-11-26)18-24-23-17(30-18)19(20,21)22/h3,5-8H,1,4,9-12H2,2H3. The van der Waals surface area contributed by atoms with E-state index in [1.165, 1.54) is 11.0 Å². The van der Waals surface area contributed by atoms with Crippen molar-refractivity contribution in [3.8, 4) is 0 Å². The third-order valence-corrected chi connectivity index (χ3v) is 5.75. The zero-order valence-electron chi connectivity index (χ0n) is 16.2. The molecule has 1 aromatic heterocycles. The maximum absolute atomic E-state index is 12.8. The summed E-state index contributed by atoms with van der Waals surface area (Å²) >= 11 is 0.506. The molecule has 0 saturated carbocycles. The number of alkyl halides is 3. The number of carbonyl (C=O) groups is 2. The summed E-state index contributed by atoms with van der Waals surface area (Å²) < 4.78 is 38.3. The van der Waals surface area contributed by atoms with Crippen LogP contribution >= 0.6 is 11.3 Å². The normalized spacial score (nSPS) is 14.9. The van der Waals surface area contributed by atoms with Gasteiger partial charge in [-0.3, -0.25) is 9.59 Å². The van der Waals surface area contributed by atoms with Gasteiger partial charge in [0.15, 0.2) is 0 Å². The molecule has 0 radical (unpaired) electrons. The van der Waals surface area contributed by atoms with Crippen LogP contribution in [0.5, 0.6) is 0 Å². The first-order valence-corrected chi connectivity index (χ1v) is 9.97. The van der Waals surface area contributed by atoms with Gasteiger partial charge < -0.3 is 14.7 Å². The molecule has 3 rings (SSSR count). The number of anilines is 2. The van der Waals surface area contributed by atoms with Gasteiger partial charge in [0.05, 0.1) is 0 Å². The van der Waals surface area contributed by atoms with Crippen molar-refractivity contribution >= 4 is 34.0 Å². The number of benzene rings is 1. The molecule has 2 aromatic rings. The van der Waals surface area contributed by atoms with Crippen molar-refractivity contribution < 1.29 is 22.8 Å². The summed E-state index contributed by atoms with van der Waals surface area (Å²) in [5.41, 5.74) is 1.11. The second kappa shape index (κ2) is 8.82. The molecule has 11 heteroatoms. The van der Waals surface area contributed by atoms with Gasteiger partial charge in [-0.05, 0) is 36.8 Å². The van der Waals surface area contributed by atoms with E-state index in [9.17, 15) is 22.8 Å². The smallest absolute Gasteiger partial charge is 0.345 e. The number of hydrogen-bond acceptors (Lipinski definition) is 6.